The molecule has 1 aromatic carbocycles. The van der Waals surface area contributed by atoms with Crippen LogP contribution < -0.4 is 15.8 Å². The number of nitrogens with zero attached hydrogens (tertiary/aromatic N) is 1. The Morgan fingerprint density at radius 2 is 2.00 bits per heavy atom. The lowest BCUT2D eigenvalue weighted by Gasteiger charge is -2.08. The lowest BCUT2D eigenvalue weighted by Crippen LogP contribution is -2.14. The van der Waals surface area contributed by atoms with Gasteiger partial charge in [-0.15, -0.1) is 0 Å². The average Bonchev–Trinajstić information content (AvgIpc) is 2.47. The summed E-state index contributed by atoms with van der Waals surface area (Å²) in [5.41, 5.74) is 7.01. The molecule has 3 N–H and O–H groups in total. The number of benzene rings is 1. The molecule has 2 aromatic rings. The molecular formula is C15H17N3O2. The van der Waals surface area contributed by atoms with Gasteiger partial charge < -0.3 is 15.8 Å². The second-order valence-corrected chi connectivity index (χ2v) is 4.26. The van der Waals surface area contributed by atoms with E-state index >= 15 is 0 Å². The van der Waals surface area contributed by atoms with E-state index in [1.807, 2.05) is 42.5 Å². The summed E-state index contributed by atoms with van der Waals surface area (Å²) < 4.78 is 5.39. The number of anilines is 1. The number of carbonyl (C=O) groups excluding carboxylic acids is 1. The van der Waals surface area contributed by atoms with Crippen LogP contribution in [0.1, 0.15) is 12.1 Å². The van der Waals surface area contributed by atoms with E-state index in [0.717, 1.165) is 17.1 Å². The zero-order chi connectivity index (χ0) is 14.2. The molecule has 2 rings (SSSR count). The number of carbonyl (C=O) groups is 1. The quantitative estimate of drug-likeness (QED) is 0.807. The molecular weight excluding hydrogens is 254 g/mol. The normalized spacial score (nSPS) is 10.0. The van der Waals surface area contributed by atoms with Crippen LogP contribution in [0.5, 0.6) is 5.75 Å². The molecule has 0 bridgehead atoms. The molecule has 0 saturated heterocycles. The number of nitrogens with two attached hydrogens (primary N) is 1. The van der Waals surface area contributed by atoms with Crippen molar-refractivity contribution in [3.05, 3.63) is 54.4 Å². The number of nitrogens with one attached hydrogen (secondary N) is 1. The SMILES string of the molecule is NC(=O)CCOc1ccc(NCc2ccccn2)cc1. The van der Waals surface area contributed by atoms with E-state index in [4.69, 9.17) is 10.5 Å². The highest BCUT2D eigenvalue weighted by Crippen LogP contribution is 2.16. The Hall–Kier alpha value is -2.56. The van der Waals surface area contributed by atoms with Crippen molar-refractivity contribution in [1.82, 2.24) is 4.98 Å². The number of hydrogen-bond donors (Lipinski definition) is 2. The minimum absolute atomic E-state index is 0.222. The molecule has 1 amide bonds. The molecule has 0 spiro atoms. The van der Waals surface area contributed by atoms with Crippen molar-refractivity contribution in [2.45, 2.75) is 13.0 Å². The predicted molar refractivity (Wildman–Crippen MR) is 77.3 cm³/mol. The van der Waals surface area contributed by atoms with Crippen molar-refractivity contribution in [2.24, 2.45) is 5.73 Å². The van der Waals surface area contributed by atoms with Crippen molar-refractivity contribution >= 4 is 11.6 Å². The van der Waals surface area contributed by atoms with Gasteiger partial charge in [-0.1, -0.05) is 6.07 Å². The molecule has 0 fully saturated rings. The first-order valence-corrected chi connectivity index (χ1v) is 6.39. The molecule has 20 heavy (non-hydrogen) atoms. The maximum Gasteiger partial charge on any atom is 0.220 e. The van der Waals surface area contributed by atoms with Gasteiger partial charge in [-0.25, -0.2) is 0 Å². The maximum absolute atomic E-state index is 10.6. The number of primary amides is 1. The van der Waals surface area contributed by atoms with Gasteiger partial charge in [0.2, 0.25) is 5.91 Å². The van der Waals surface area contributed by atoms with Gasteiger partial charge in [-0.05, 0) is 36.4 Å². The average molecular weight is 271 g/mol. The smallest absolute Gasteiger partial charge is 0.220 e. The molecule has 5 heteroatoms. The van der Waals surface area contributed by atoms with E-state index in [0.29, 0.717) is 13.2 Å². The fraction of sp³-hybridized carbons (Fsp3) is 0.200. The zero-order valence-corrected chi connectivity index (χ0v) is 11.1. The molecule has 1 aromatic heterocycles. The molecule has 104 valence electrons. The lowest BCUT2D eigenvalue weighted by molar-refractivity contribution is -0.118. The molecule has 0 aliphatic carbocycles. The van der Waals surface area contributed by atoms with Gasteiger partial charge in [-0.2, -0.15) is 0 Å². The number of rotatable bonds is 7. The molecule has 1 heterocycles. The summed E-state index contributed by atoms with van der Waals surface area (Å²) >= 11 is 0. The van der Waals surface area contributed by atoms with Crippen LogP contribution in [0.4, 0.5) is 5.69 Å². The van der Waals surface area contributed by atoms with E-state index in [1.54, 1.807) is 6.20 Å². The van der Waals surface area contributed by atoms with Crippen LogP contribution in [0.3, 0.4) is 0 Å². The maximum atomic E-state index is 10.6. The Morgan fingerprint density at radius 1 is 1.20 bits per heavy atom. The van der Waals surface area contributed by atoms with Gasteiger partial charge in [0.15, 0.2) is 0 Å². The van der Waals surface area contributed by atoms with Gasteiger partial charge in [-0.3, -0.25) is 9.78 Å². The van der Waals surface area contributed by atoms with Crippen molar-refractivity contribution in [3.63, 3.8) is 0 Å². The van der Waals surface area contributed by atoms with E-state index < -0.39 is 0 Å². The summed E-state index contributed by atoms with van der Waals surface area (Å²) in [6, 6.07) is 13.4. The van der Waals surface area contributed by atoms with Crippen molar-refractivity contribution in [2.75, 3.05) is 11.9 Å². The van der Waals surface area contributed by atoms with Crippen LogP contribution in [0.25, 0.3) is 0 Å². The largest absolute Gasteiger partial charge is 0.493 e. The Kier molecular flexibility index (Phi) is 4.94. The molecule has 5 nitrogen and oxygen atoms in total. The van der Waals surface area contributed by atoms with Crippen LogP contribution in [0, 0.1) is 0 Å². The standard InChI is InChI=1S/C15H17N3O2/c16-15(19)8-10-20-14-6-4-12(5-7-14)18-11-13-3-1-2-9-17-13/h1-7,9,18H,8,10-11H2,(H2,16,19). The van der Waals surface area contributed by atoms with Crippen LogP contribution in [-0.4, -0.2) is 17.5 Å². The summed E-state index contributed by atoms with van der Waals surface area (Å²) in [4.78, 5) is 14.8. The summed E-state index contributed by atoms with van der Waals surface area (Å²) in [5.74, 6) is 0.355. The van der Waals surface area contributed by atoms with E-state index in [9.17, 15) is 4.79 Å². The van der Waals surface area contributed by atoms with Gasteiger partial charge in [0.1, 0.15) is 5.75 Å². The Bertz CT molecular complexity index is 541. The molecule has 0 aliphatic rings. The number of aromatic nitrogens is 1. The van der Waals surface area contributed by atoms with E-state index in [2.05, 4.69) is 10.3 Å². The van der Waals surface area contributed by atoms with Crippen molar-refractivity contribution < 1.29 is 9.53 Å². The number of hydrogen-bond acceptors (Lipinski definition) is 4. The molecule has 0 radical (unpaired) electrons. The third-order valence-electron chi connectivity index (χ3n) is 2.67. The lowest BCUT2D eigenvalue weighted by atomic mass is 10.3. The molecule has 0 atom stereocenters. The minimum Gasteiger partial charge on any atom is -0.493 e. The fourth-order valence-corrected chi connectivity index (χ4v) is 1.63. The monoisotopic (exact) mass is 271 g/mol. The van der Waals surface area contributed by atoms with Crippen molar-refractivity contribution in [3.8, 4) is 5.75 Å². The summed E-state index contributed by atoms with van der Waals surface area (Å²) in [5, 5.41) is 3.27. The van der Waals surface area contributed by atoms with Gasteiger partial charge in [0.25, 0.3) is 0 Å². The Morgan fingerprint density at radius 3 is 2.65 bits per heavy atom. The second-order valence-electron chi connectivity index (χ2n) is 4.26. The van der Waals surface area contributed by atoms with E-state index in [-0.39, 0.29) is 12.3 Å². The molecule has 0 aliphatic heterocycles. The van der Waals surface area contributed by atoms with Gasteiger partial charge in [0, 0.05) is 11.9 Å². The number of pyridine rings is 1. The molecule has 0 saturated carbocycles. The number of amides is 1. The summed E-state index contributed by atoms with van der Waals surface area (Å²) in [7, 11) is 0. The minimum atomic E-state index is -0.362. The third kappa shape index (κ3) is 4.61. The van der Waals surface area contributed by atoms with Crippen LogP contribution in [-0.2, 0) is 11.3 Å². The third-order valence-corrected chi connectivity index (χ3v) is 2.67. The van der Waals surface area contributed by atoms with E-state index in [1.165, 1.54) is 0 Å². The second kappa shape index (κ2) is 7.13. The first kappa shape index (κ1) is 13.9. The first-order valence-electron chi connectivity index (χ1n) is 6.39. The fourth-order valence-electron chi connectivity index (χ4n) is 1.63. The number of ether oxygens (including phenoxy) is 1. The summed E-state index contributed by atoms with van der Waals surface area (Å²) in [6.45, 7) is 0.971. The van der Waals surface area contributed by atoms with Crippen molar-refractivity contribution in [1.29, 1.82) is 0 Å². The zero-order valence-electron chi connectivity index (χ0n) is 11.1. The Balaban J connectivity index is 1.81. The predicted octanol–water partition coefficient (Wildman–Crippen LogP) is 1.95. The Labute approximate surface area is 117 Å². The van der Waals surface area contributed by atoms with Gasteiger partial charge in [0.05, 0.1) is 25.3 Å². The molecule has 0 unspecified atom stereocenters. The highest BCUT2D eigenvalue weighted by Gasteiger charge is 1.98. The van der Waals surface area contributed by atoms with Gasteiger partial charge >= 0.3 is 0 Å². The topological polar surface area (TPSA) is 77.2 Å². The highest BCUT2D eigenvalue weighted by atomic mass is 16.5. The van der Waals surface area contributed by atoms with Crippen LogP contribution in [0.2, 0.25) is 0 Å². The van der Waals surface area contributed by atoms with Crippen LogP contribution in [0.15, 0.2) is 48.7 Å². The first-order chi connectivity index (χ1) is 9.74. The summed E-state index contributed by atoms with van der Waals surface area (Å²) in [6.07, 6.45) is 1.99. The van der Waals surface area contributed by atoms with Crippen LogP contribution >= 0.6 is 0 Å². The highest BCUT2D eigenvalue weighted by molar-refractivity contribution is 5.73.